The average molecular weight is 548 g/mol. The first kappa shape index (κ1) is 27.5. The standard InChI is InChI=1S/C26H27Cl2N3O4S/c1-19(26(33)29-2)30(17-16-20-10-5-3-6-11-20)24(32)18-31(23-15-9-14-22(27)25(23)28)36(34,35)21-12-7-4-8-13-21/h3-15,19H,16-18H2,1-2H3,(H,29,33)/t19-/m1/s1. The predicted octanol–water partition coefficient (Wildman–Crippen LogP) is 4.39. The zero-order valence-electron chi connectivity index (χ0n) is 19.9. The summed E-state index contributed by atoms with van der Waals surface area (Å²) in [4.78, 5) is 27.5. The topological polar surface area (TPSA) is 86.8 Å². The van der Waals surface area contributed by atoms with Crippen molar-refractivity contribution >= 4 is 50.7 Å². The van der Waals surface area contributed by atoms with E-state index in [1.807, 2.05) is 30.3 Å². The molecule has 0 aliphatic rings. The van der Waals surface area contributed by atoms with Crippen molar-refractivity contribution in [2.75, 3.05) is 24.4 Å². The lowest BCUT2D eigenvalue weighted by atomic mass is 10.1. The van der Waals surface area contributed by atoms with E-state index >= 15 is 0 Å². The van der Waals surface area contributed by atoms with E-state index in [1.165, 1.54) is 36.2 Å². The largest absolute Gasteiger partial charge is 0.357 e. The van der Waals surface area contributed by atoms with Crippen LogP contribution in [0.15, 0.2) is 83.8 Å². The highest BCUT2D eigenvalue weighted by atomic mass is 35.5. The summed E-state index contributed by atoms with van der Waals surface area (Å²) in [6, 6.07) is 21.0. The number of carbonyl (C=O) groups is 2. The molecule has 10 heteroatoms. The highest BCUT2D eigenvalue weighted by Crippen LogP contribution is 2.35. The van der Waals surface area contributed by atoms with E-state index in [2.05, 4.69) is 5.32 Å². The van der Waals surface area contributed by atoms with Crippen LogP contribution in [0.1, 0.15) is 12.5 Å². The maximum Gasteiger partial charge on any atom is 0.264 e. The number of benzene rings is 3. The smallest absolute Gasteiger partial charge is 0.264 e. The molecule has 0 aliphatic carbocycles. The van der Waals surface area contributed by atoms with Crippen molar-refractivity contribution < 1.29 is 18.0 Å². The summed E-state index contributed by atoms with van der Waals surface area (Å²) in [5, 5.41) is 2.70. The summed E-state index contributed by atoms with van der Waals surface area (Å²) in [7, 11) is -2.72. The number of nitrogens with zero attached hydrogens (tertiary/aromatic N) is 2. The fourth-order valence-electron chi connectivity index (χ4n) is 3.70. The van der Waals surface area contributed by atoms with Gasteiger partial charge in [0, 0.05) is 13.6 Å². The van der Waals surface area contributed by atoms with Gasteiger partial charge in [-0.15, -0.1) is 0 Å². The summed E-state index contributed by atoms with van der Waals surface area (Å²) in [6.45, 7) is 1.23. The minimum atomic E-state index is -4.20. The summed E-state index contributed by atoms with van der Waals surface area (Å²) >= 11 is 12.6. The molecular weight excluding hydrogens is 521 g/mol. The number of nitrogens with one attached hydrogen (secondary N) is 1. The molecule has 3 aromatic rings. The third kappa shape index (κ3) is 6.37. The van der Waals surface area contributed by atoms with Gasteiger partial charge >= 0.3 is 0 Å². The molecule has 0 heterocycles. The first-order valence-electron chi connectivity index (χ1n) is 11.2. The predicted molar refractivity (Wildman–Crippen MR) is 143 cm³/mol. The number of anilines is 1. The van der Waals surface area contributed by atoms with E-state index in [4.69, 9.17) is 23.2 Å². The Kier molecular flexibility index (Phi) is 9.37. The van der Waals surface area contributed by atoms with Crippen LogP contribution >= 0.6 is 23.2 Å². The summed E-state index contributed by atoms with van der Waals surface area (Å²) < 4.78 is 28.3. The minimum absolute atomic E-state index is 0.00154. The second-order valence-corrected chi connectivity index (χ2v) is 10.7. The van der Waals surface area contributed by atoms with Crippen molar-refractivity contribution in [3.63, 3.8) is 0 Å². The molecule has 3 aromatic carbocycles. The number of amides is 2. The van der Waals surface area contributed by atoms with Crippen LogP contribution in [0.3, 0.4) is 0 Å². The fourth-order valence-corrected chi connectivity index (χ4v) is 5.59. The molecule has 1 atom stereocenters. The van der Waals surface area contributed by atoms with Gasteiger partial charge in [0.25, 0.3) is 10.0 Å². The summed E-state index contributed by atoms with van der Waals surface area (Å²) in [5.41, 5.74) is 1.04. The van der Waals surface area contributed by atoms with E-state index in [0.29, 0.717) is 6.42 Å². The number of hydrogen-bond donors (Lipinski definition) is 1. The van der Waals surface area contributed by atoms with Crippen LogP contribution in [0.4, 0.5) is 5.69 Å². The Bertz CT molecular complexity index is 1310. The molecule has 0 saturated carbocycles. The molecule has 7 nitrogen and oxygen atoms in total. The number of halogens is 2. The molecular formula is C26H27Cl2N3O4S. The van der Waals surface area contributed by atoms with E-state index in [0.717, 1.165) is 9.87 Å². The second kappa shape index (κ2) is 12.3. The molecule has 0 unspecified atom stereocenters. The van der Waals surface area contributed by atoms with Gasteiger partial charge in [-0.2, -0.15) is 0 Å². The van der Waals surface area contributed by atoms with E-state index in [-0.39, 0.29) is 33.1 Å². The van der Waals surface area contributed by atoms with Crippen LogP contribution in [-0.4, -0.2) is 51.3 Å². The maximum absolute atomic E-state index is 13.7. The van der Waals surface area contributed by atoms with Crippen molar-refractivity contribution in [3.8, 4) is 0 Å². The molecule has 190 valence electrons. The molecule has 0 spiro atoms. The fraction of sp³-hybridized carbons (Fsp3) is 0.231. The number of carbonyl (C=O) groups excluding carboxylic acids is 2. The van der Waals surface area contributed by atoms with Gasteiger partial charge in [0.05, 0.1) is 20.6 Å². The van der Waals surface area contributed by atoms with Gasteiger partial charge in [-0.3, -0.25) is 13.9 Å². The van der Waals surface area contributed by atoms with Crippen molar-refractivity contribution in [1.29, 1.82) is 0 Å². The third-order valence-electron chi connectivity index (χ3n) is 5.71. The van der Waals surface area contributed by atoms with Crippen LogP contribution in [0.2, 0.25) is 10.0 Å². The van der Waals surface area contributed by atoms with Crippen LogP contribution in [0.5, 0.6) is 0 Å². The Labute approximate surface area is 221 Å². The first-order chi connectivity index (χ1) is 17.2. The zero-order valence-corrected chi connectivity index (χ0v) is 22.2. The number of hydrogen-bond acceptors (Lipinski definition) is 4. The SMILES string of the molecule is CNC(=O)[C@@H](C)N(CCc1ccccc1)C(=O)CN(c1cccc(Cl)c1Cl)S(=O)(=O)c1ccccc1. The molecule has 0 aliphatic heterocycles. The molecule has 0 saturated heterocycles. The molecule has 0 fully saturated rings. The average Bonchev–Trinajstić information content (AvgIpc) is 2.89. The van der Waals surface area contributed by atoms with E-state index in [9.17, 15) is 18.0 Å². The normalized spacial score (nSPS) is 12.0. The molecule has 0 bridgehead atoms. The maximum atomic E-state index is 13.7. The lowest BCUT2D eigenvalue weighted by Gasteiger charge is -2.32. The summed E-state index contributed by atoms with van der Waals surface area (Å²) in [5.74, 6) is -0.924. The Hall–Kier alpha value is -3.07. The van der Waals surface area contributed by atoms with Crippen LogP contribution in [-0.2, 0) is 26.0 Å². The van der Waals surface area contributed by atoms with Crippen LogP contribution in [0, 0.1) is 0 Å². The van der Waals surface area contributed by atoms with Crippen LogP contribution in [0.25, 0.3) is 0 Å². The lowest BCUT2D eigenvalue weighted by molar-refractivity contribution is -0.138. The number of likely N-dealkylation sites (N-methyl/N-ethyl adjacent to an activating group) is 1. The van der Waals surface area contributed by atoms with Crippen LogP contribution < -0.4 is 9.62 Å². The second-order valence-electron chi connectivity index (χ2n) is 8.01. The Balaban J connectivity index is 2.00. The van der Waals surface area contributed by atoms with Gasteiger partial charge in [0.15, 0.2) is 0 Å². The summed E-state index contributed by atoms with van der Waals surface area (Å²) in [6.07, 6.45) is 0.483. The monoisotopic (exact) mass is 547 g/mol. The van der Waals surface area contributed by atoms with Gasteiger partial charge in [0.2, 0.25) is 11.8 Å². The van der Waals surface area contributed by atoms with E-state index < -0.39 is 28.5 Å². The van der Waals surface area contributed by atoms with Gasteiger partial charge in [-0.05, 0) is 43.2 Å². The molecule has 2 amide bonds. The number of sulfonamides is 1. The molecule has 0 radical (unpaired) electrons. The quantitative estimate of drug-likeness (QED) is 0.407. The van der Waals surface area contributed by atoms with Crippen molar-refractivity contribution in [1.82, 2.24) is 10.2 Å². The first-order valence-corrected chi connectivity index (χ1v) is 13.4. The lowest BCUT2D eigenvalue weighted by Crippen LogP contribution is -2.51. The molecule has 36 heavy (non-hydrogen) atoms. The van der Waals surface area contributed by atoms with Gasteiger partial charge < -0.3 is 10.2 Å². The van der Waals surface area contributed by atoms with Crippen molar-refractivity contribution in [2.45, 2.75) is 24.3 Å². The van der Waals surface area contributed by atoms with Gasteiger partial charge in [-0.1, -0.05) is 77.8 Å². The van der Waals surface area contributed by atoms with Gasteiger partial charge in [0.1, 0.15) is 12.6 Å². The van der Waals surface area contributed by atoms with E-state index in [1.54, 1.807) is 31.2 Å². The Morgan fingerprint density at radius 1 is 0.917 bits per heavy atom. The zero-order chi connectivity index (χ0) is 26.3. The third-order valence-corrected chi connectivity index (χ3v) is 8.29. The van der Waals surface area contributed by atoms with Gasteiger partial charge in [-0.25, -0.2) is 8.42 Å². The molecule has 0 aromatic heterocycles. The minimum Gasteiger partial charge on any atom is -0.357 e. The Morgan fingerprint density at radius 2 is 1.53 bits per heavy atom. The van der Waals surface area contributed by atoms with Crippen molar-refractivity contribution in [2.24, 2.45) is 0 Å². The molecule has 1 N–H and O–H groups in total. The number of rotatable bonds is 10. The highest BCUT2D eigenvalue weighted by molar-refractivity contribution is 7.92. The highest BCUT2D eigenvalue weighted by Gasteiger charge is 2.33. The Morgan fingerprint density at radius 3 is 2.14 bits per heavy atom. The van der Waals surface area contributed by atoms with Crippen molar-refractivity contribution in [3.05, 3.63) is 94.5 Å². The molecule has 3 rings (SSSR count).